The quantitative estimate of drug-likeness (QED) is 0.920. The standard InChI is InChI=1S/C18H23N3O3/c1-11(2)9-21-10-13-15(17(21)22)16(19-18(23)20(13)3)12-7-5-6-8-14(12)24-4/h5-8,11,16H,9-10H2,1-4H3,(H,19,23)/t16-/m1/s1. The summed E-state index contributed by atoms with van der Waals surface area (Å²) in [5.74, 6) is 1.02. The highest BCUT2D eigenvalue weighted by Gasteiger charge is 2.43. The molecule has 2 aliphatic rings. The summed E-state index contributed by atoms with van der Waals surface area (Å²) >= 11 is 0. The van der Waals surface area contributed by atoms with Gasteiger partial charge in [0.1, 0.15) is 5.75 Å². The third kappa shape index (κ3) is 2.62. The van der Waals surface area contributed by atoms with Crippen LogP contribution in [0.4, 0.5) is 4.79 Å². The number of benzene rings is 1. The number of rotatable bonds is 4. The summed E-state index contributed by atoms with van der Waals surface area (Å²) in [5, 5.41) is 2.93. The van der Waals surface area contributed by atoms with Crippen LogP contribution in [0.15, 0.2) is 35.5 Å². The number of likely N-dealkylation sites (N-methyl/N-ethyl adjacent to an activating group) is 1. The molecule has 3 rings (SSSR count). The number of carbonyl (C=O) groups is 2. The van der Waals surface area contributed by atoms with Gasteiger partial charge in [0.25, 0.3) is 5.91 Å². The first-order valence-electron chi connectivity index (χ1n) is 8.13. The molecule has 2 heterocycles. The van der Waals surface area contributed by atoms with Crippen LogP contribution in [0.1, 0.15) is 25.5 Å². The summed E-state index contributed by atoms with van der Waals surface area (Å²) in [6, 6.07) is 6.79. The third-order valence-electron chi connectivity index (χ3n) is 4.47. The van der Waals surface area contributed by atoms with Gasteiger partial charge in [-0.05, 0) is 12.0 Å². The normalized spacial score (nSPS) is 20.6. The number of hydrogen-bond acceptors (Lipinski definition) is 3. The predicted molar refractivity (Wildman–Crippen MR) is 90.5 cm³/mol. The van der Waals surface area contributed by atoms with Crippen LogP contribution in [-0.4, -0.2) is 49.0 Å². The van der Waals surface area contributed by atoms with E-state index < -0.39 is 6.04 Å². The fourth-order valence-electron chi connectivity index (χ4n) is 3.35. The van der Waals surface area contributed by atoms with Gasteiger partial charge in [0.2, 0.25) is 0 Å². The molecule has 0 saturated carbocycles. The molecule has 0 unspecified atom stereocenters. The lowest BCUT2D eigenvalue weighted by Gasteiger charge is -2.31. The molecule has 128 valence electrons. The fourth-order valence-corrected chi connectivity index (χ4v) is 3.35. The first-order valence-corrected chi connectivity index (χ1v) is 8.13. The average molecular weight is 329 g/mol. The maximum Gasteiger partial charge on any atom is 0.322 e. The molecule has 0 bridgehead atoms. The molecular formula is C18H23N3O3. The Morgan fingerprint density at radius 2 is 2.00 bits per heavy atom. The summed E-state index contributed by atoms with van der Waals surface area (Å²) < 4.78 is 5.42. The van der Waals surface area contributed by atoms with Crippen LogP contribution in [0.5, 0.6) is 5.75 Å². The molecule has 6 heteroatoms. The summed E-state index contributed by atoms with van der Waals surface area (Å²) in [6.07, 6.45) is 0. The number of hydrogen-bond donors (Lipinski definition) is 1. The van der Waals surface area contributed by atoms with Gasteiger partial charge in [-0.2, -0.15) is 0 Å². The highest BCUT2D eigenvalue weighted by molar-refractivity contribution is 6.01. The molecule has 0 spiro atoms. The van der Waals surface area contributed by atoms with Gasteiger partial charge in [-0.15, -0.1) is 0 Å². The first-order chi connectivity index (χ1) is 11.4. The van der Waals surface area contributed by atoms with E-state index in [4.69, 9.17) is 4.74 Å². The van der Waals surface area contributed by atoms with E-state index in [0.29, 0.717) is 30.3 Å². The maximum absolute atomic E-state index is 13.0. The van der Waals surface area contributed by atoms with Crippen molar-refractivity contribution in [3.05, 3.63) is 41.1 Å². The van der Waals surface area contributed by atoms with Crippen molar-refractivity contribution >= 4 is 11.9 Å². The maximum atomic E-state index is 13.0. The zero-order valence-electron chi connectivity index (χ0n) is 14.5. The SMILES string of the molecule is COc1ccccc1[C@H]1NC(=O)N(C)C2=C1C(=O)N(CC(C)C)C2. The molecule has 1 N–H and O–H groups in total. The van der Waals surface area contributed by atoms with E-state index in [-0.39, 0.29) is 11.9 Å². The lowest BCUT2D eigenvalue weighted by atomic mass is 9.95. The van der Waals surface area contributed by atoms with Crippen molar-refractivity contribution in [3.63, 3.8) is 0 Å². The minimum atomic E-state index is -0.482. The van der Waals surface area contributed by atoms with Crippen molar-refractivity contribution < 1.29 is 14.3 Å². The van der Waals surface area contributed by atoms with Crippen LogP contribution in [0.3, 0.4) is 0 Å². The van der Waals surface area contributed by atoms with E-state index in [1.165, 1.54) is 0 Å². The Bertz CT molecular complexity index is 711. The van der Waals surface area contributed by atoms with Gasteiger partial charge in [-0.25, -0.2) is 4.79 Å². The van der Waals surface area contributed by atoms with Crippen LogP contribution >= 0.6 is 0 Å². The van der Waals surface area contributed by atoms with E-state index in [1.54, 1.807) is 19.1 Å². The highest BCUT2D eigenvalue weighted by atomic mass is 16.5. The van der Waals surface area contributed by atoms with E-state index in [2.05, 4.69) is 19.2 Å². The molecule has 0 saturated heterocycles. The number of para-hydroxylation sites is 1. The van der Waals surface area contributed by atoms with E-state index in [9.17, 15) is 9.59 Å². The van der Waals surface area contributed by atoms with Crippen LogP contribution < -0.4 is 10.1 Å². The van der Waals surface area contributed by atoms with Crippen molar-refractivity contribution in [1.82, 2.24) is 15.1 Å². The van der Waals surface area contributed by atoms with Crippen molar-refractivity contribution in [2.45, 2.75) is 19.9 Å². The Hall–Kier alpha value is -2.50. The van der Waals surface area contributed by atoms with Crippen LogP contribution in [0.25, 0.3) is 0 Å². The van der Waals surface area contributed by atoms with Crippen molar-refractivity contribution in [2.24, 2.45) is 5.92 Å². The second kappa shape index (κ2) is 6.19. The molecule has 0 radical (unpaired) electrons. The summed E-state index contributed by atoms with van der Waals surface area (Å²) in [7, 11) is 3.29. The Labute approximate surface area is 142 Å². The smallest absolute Gasteiger partial charge is 0.322 e. The largest absolute Gasteiger partial charge is 0.496 e. The Balaban J connectivity index is 2.04. The molecule has 0 fully saturated rings. The van der Waals surface area contributed by atoms with Crippen LogP contribution in [0, 0.1) is 5.92 Å². The minimum Gasteiger partial charge on any atom is -0.496 e. The molecule has 0 aromatic heterocycles. The van der Waals surface area contributed by atoms with Gasteiger partial charge in [0, 0.05) is 19.2 Å². The number of nitrogens with zero attached hydrogens (tertiary/aromatic N) is 2. The average Bonchev–Trinajstić information content (AvgIpc) is 2.87. The Kier molecular flexibility index (Phi) is 4.22. The number of ether oxygens (including phenoxy) is 1. The van der Waals surface area contributed by atoms with Gasteiger partial charge in [0.15, 0.2) is 0 Å². The monoisotopic (exact) mass is 329 g/mol. The lowest BCUT2D eigenvalue weighted by Crippen LogP contribution is -2.45. The van der Waals surface area contributed by atoms with Crippen molar-refractivity contribution in [2.75, 3.05) is 27.2 Å². The fraction of sp³-hybridized carbons (Fsp3) is 0.444. The molecule has 1 aromatic carbocycles. The van der Waals surface area contributed by atoms with E-state index in [1.807, 2.05) is 29.2 Å². The van der Waals surface area contributed by atoms with Gasteiger partial charge in [-0.1, -0.05) is 32.0 Å². The lowest BCUT2D eigenvalue weighted by molar-refractivity contribution is -0.126. The summed E-state index contributed by atoms with van der Waals surface area (Å²) in [4.78, 5) is 28.7. The first kappa shape index (κ1) is 16.4. The van der Waals surface area contributed by atoms with Gasteiger partial charge in [-0.3, -0.25) is 9.69 Å². The van der Waals surface area contributed by atoms with E-state index >= 15 is 0 Å². The third-order valence-corrected chi connectivity index (χ3v) is 4.47. The summed E-state index contributed by atoms with van der Waals surface area (Å²) in [5.41, 5.74) is 2.22. The number of carbonyl (C=O) groups excluding carboxylic acids is 2. The van der Waals surface area contributed by atoms with Gasteiger partial charge >= 0.3 is 6.03 Å². The number of methoxy groups -OCH3 is 1. The molecule has 1 atom stereocenters. The second-order valence-electron chi connectivity index (χ2n) is 6.62. The molecule has 6 nitrogen and oxygen atoms in total. The van der Waals surface area contributed by atoms with Crippen LogP contribution in [0.2, 0.25) is 0 Å². The molecule has 0 aliphatic carbocycles. The Morgan fingerprint density at radius 1 is 1.29 bits per heavy atom. The number of nitrogens with one attached hydrogen (secondary N) is 1. The topological polar surface area (TPSA) is 61.9 Å². The highest BCUT2D eigenvalue weighted by Crippen LogP contribution is 2.38. The minimum absolute atomic E-state index is 0.0125. The molecule has 2 aliphatic heterocycles. The Morgan fingerprint density at radius 3 is 2.67 bits per heavy atom. The van der Waals surface area contributed by atoms with Crippen LogP contribution in [-0.2, 0) is 4.79 Å². The second-order valence-corrected chi connectivity index (χ2v) is 6.62. The predicted octanol–water partition coefficient (Wildman–Crippen LogP) is 2.14. The van der Waals surface area contributed by atoms with E-state index in [0.717, 1.165) is 11.3 Å². The zero-order valence-corrected chi connectivity index (χ0v) is 14.5. The van der Waals surface area contributed by atoms with Gasteiger partial charge < -0.3 is 15.0 Å². The zero-order chi connectivity index (χ0) is 17.4. The molecular weight excluding hydrogens is 306 g/mol. The van der Waals surface area contributed by atoms with Gasteiger partial charge in [0.05, 0.1) is 31.0 Å². The molecule has 1 aromatic rings. The molecule has 24 heavy (non-hydrogen) atoms. The summed E-state index contributed by atoms with van der Waals surface area (Å²) in [6.45, 7) is 5.30. The van der Waals surface area contributed by atoms with Crippen molar-refractivity contribution in [3.8, 4) is 5.75 Å². The number of urea groups is 1. The number of amides is 3. The molecule has 3 amide bonds. The van der Waals surface area contributed by atoms with Crippen molar-refractivity contribution in [1.29, 1.82) is 0 Å².